The average Bonchev–Trinajstić information content (AvgIpc) is 3.12. The first-order chi connectivity index (χ1) is 8.24. The maximum absolute atomic E-state index is 9.64. The average molecular weight is 245 g/mol. The molecule has 2 atom stereocenters. The molecule has 0 aromatic carbocycles. The Hall–Kier alpha value is -0.160. The highest BCUT2D eigenvalue weighted by molar-refractivity contribution is 4.80. The van der Waals surface area contributed by atoms with Crippen LogP contribution in [0.1, 0.15) is 26.7 Å². The molecule has 1 rings (SSSR count). The Labute approximate surface area is 105 Å². The van der Waals surface area contributed by atoms with Gasteiger partial charge in [0, 0.05) is 13.2 Å². The van der Waals surface area contributed by atoms with Gasteiger partial charge in [-0.15, -0.1) is 0 Å². The molecule has 1 saturated carbocycles. The number of hydrogen-bond donors (Lipinski definition) is 2. The van der Waals surface area contributed by atoms with Crippen molar-refractivity contribution in [3.05, 3.63) is 0 Å². The number of aliphatic hydroxyl groups is 1. The van der Waals surface area contributed by atoms with Gasteiger partial charge in [0.1, 0.15) is 0 Å². The van der Waals surface area contributed by atoms with Gasteiger partial charge in [-0.25, -0.2) is 0 Å². The summed E-state index contributed by atoms with van der Waals surface area (Å²) in [7, 11) is 0. The summed E-state index contributed by atoms with van der Waals surface area (Å²) in [5.74, 6) is 1.66. The van der Waals surface area contributed by atoms with Gasteiger partial charge < -0.3 is 19.9 Å². The van der Waals surface area contributed by atoms with Crippen molar-refractivity contribution in [2.24, 2.45) is 11.8 Å². The summed E-state index contributed by atoms with van der Waals surface area (Å²) in [6, 6.07) is 0. The second-order valence-corrected chi connectivity index (χ2v) is 4.90. The molecule has 102 valence electrons. The van der Waals surface area contributed by atoms with Gasteiger partial charge in [-0.2, -0.15) is 0 Å². The highest BCUT2D eigenvalue weighted by atomic mass is 16.5. The molecule has 0 aliphatic heterocycles. The molecule has 0 bridgehead atoms. The molecule has 0 saturated heterocycles. The van der Waals surface area contributed by atoms with Crippen molar-refractivity contribution in [1.82, 2.24) is 5.32 Å². The van der Waals surface area contributed by atoms with Crippen molar-refractivity contribution in [3.63, 3.8) is 0 Å². The van der Waals surface area contributed by atoms with Crippen LogP contribution in [-0.4, -0.2) is 50.7 Å². The Bertz CT molecular complexity index is 186. The number of hydrogen-bond acceptors (Lipinski definition) is 4. The van der Waals surface area contributed by atoms with E-state index in [1.807, 2.05) is 6.92 Å². The van der Waals surface area contributed by atoms with E-state index in [2.05, 4.69) is 12.2 Å². The summed E-state index contributed by atoms with van der Waals surface area (Å²) in [4.78, 5) is 0. The largest absolute Gasteiger partial charge is 0.389 e. The maximum Gasteiger partial charge on any atom is 0.0897 e. The molecule has 0 aromatic heterocycles. The number of nitrogens with one attached hydrogen (secondary N) is 1. The predicted molar refractivity (Wildman–Crippen MR) is 68.1 cm³/mol. The van der Waals surface area contributed by atoms with Crippen LogP contribution in [0.15, 0.2) is 0 Å². The third kappa shape index (κ3) is 7.71. The zero-order chi connectivity index (χ0) is 12.5. The van der Waals surface area contributed by atoms with Crippen molar-refractivity contribution in [1.29, 1.82) is 0 Å². The van der Waals surface area contributed by atoms with Gasteiger partial charge >= 0.3 is 0 Å². The molecule has 2 N–H and O–H groups in total. The van der Waals surface area contributed by atoms with Crippen LogP contribution in [0.5, 0.6) is 0 Å². The van der Waals surface area contributed by atoms with Gasteiger partial charge in [-0.05, 0) is 38.1 Å². The Balaban J connectivity index is 1.84. The van der Waals surface area contributed by atoms with Gasteiger partial charge in [0.05, 0.1) is 25.9 Å². The highest BCUT2D eigenvalue weighted by Crippen LogP contribution is 2.35. The fourth-order valence-corrected chi connectivity index (χ4v) is 1.85. The van der Waals surface area contributed by atoms with Crippen LogP contribution in [-0.2, 0) is 9.47 Å². The Kier molecular flexibility index (Phi) is 7.77. The van der Waals surface area contributed by atoms with Gasteiger partial charge in [-0.1, -0.05) is 6.92 Å². The van der Waals surface area contributed by atoms with Gasteiger partial charge in [0.2, 0.25) is 0 Å². The molecule has 4 nitrogen and oxygen atoms in total. The minimum atomic E-state index is -0.414. The summed E-state index contributed by atoms with van der Waals surface area (Å²) in [6.45, 7) is 8.12. The highest BCUT2D eigenvalue weighted by Gasteiger charge is 2.27. The van der Waals surface area contributed by atoms with E-state index in [-0.39, 0.29) is 0 Å². The van der Waals surface area contributed by atoms with E-state index in [0.717, 1.165) is 18.4 Å². The van der Waals surface area contributed by atoms with Crippen molar-refractivity contribution < 1.29 is 14.6 Å². The second kappa shape index (κ2) is 8.86. The van der Waals surface area contributed by atoms with Gasteiger partial charge in [-0.3, -0.25) is 0 Å². The lowest BCUT2D eigenvalue weighted by Crippen LogP contribution is -2.33. The molecule has 2 unspecified atom stereocenters. The summed E-state index contributed by atoms with van der Waals surface area (Å²) in [6.07, 6.45) is 2.35. The lowest BCUT2D eigenvalue weighted by Gasteiger charge is -2.15. The predicted octanol–water partition coefficient (Wildman–Crippen LogP) is 1.04. The standard InChI is InChI=1S/C13H27NO3/c1-3-16-6-7-17-10-13(15)9-14-8-11(2)12-4-5-12/h11-15H,3-10H2,1-2H3. The zero-order valence-corrected chi connectivity index (χ0v) is 11.2. The molecule has 1 aliphatic rings. The van der Waals surface area contributed by atoms with E-state index in [4.69, 9.17) is 9.47 Å². The molecule has 4 heteroatoms. The first-order valence-electron chi connectivity index (χ1n) is 6.78. The van der Waals surface area contributed by atoms with Crippen LogP contribution in [0.2, 0.25) is 0 Å². The third-order valence-electron chi connectivity index (χ3n) is 3.16. The van der Waals surface area contributed by atoms with Crippen LogP contribution in [0.25, 0.3) is 0 Å². The summed E-state index contributed by atoms with van der Waals surface area (Å²) in [5, 5.41) is 12.9. The lowest BCUT2D eigenvalue weighted by atomic mass is 10.1. The Morgan fingerprint density at radius 3 is 2.59 bits per heavy atom. The van der Waals surface area contributed by atoms with E-state index in [0.29, 0.717) is 33.0 Å². The Morgan fingerprint density at radius 2 is 1.94 bits per heavy atom. The van der Waals surface area contributed by atoms with Crippen LogP contribution in [0.3, 0.4) is 0 Å². The van der Waals surface area contributed by atoms with E-state index < -0.39 is 6.10 Å². The molecule has 0 amide bonds. The van der Waals surface area contributed by atoms with E-state index in [1.54, 1.807) is 0 Å². The van der Waals surface area contributed by atoms with Crippen LogP contribution < -0.4 is 5.32 Å². The van der Waals surface area contributed by atoms with Crippen LogP contribution in [0, 0.1) is 11.8 Å². The fourth-order valence-electron chi connectivity index (χ4n) is 1.85. The van der Waals surface area contributed by atoms with Crippen molar-refractivity contribution in [2.45, 2.75) is 32.8 Å². The lowest BCUT2D eigenvalue weighted by molar-refractivity contribution is 0.00630. The monoisotopic (exact) mass is 245 g/mol. The van der Waals surface area contributed by atoms with E-state index >= 15 is 0 Å². The molecule has 17 heavy (non-hydrogen) atoms. The quantitative estimate of drug-likeness (QED) is 0.534. The second-order valence-electron chi connectivity index (χ2n) is 4.90. The topological polar surface area (TPSA) is 50.7 Å². The molecule has 0 heterocycles. The van der Waals surface area contributed by atoms with Crippen molar-refractivity contribution in [2.75, 3.05) is 39.5 Å². The SMILES string of the molecule is CCOCCOCC(O)CNCC(C)C1CC1. The van der Waals surface area contributed by atoms with Gasteiger partial charge in [0.25, 0.3) is 0 Å². The molecule has 1 aliphatic carbocycles. The van der Waals surface area contributed by atoms with Crippen LogP contribution >= 0.6 is 0 Å². The summed E-state index contributed by atoms with van der Waals surface area (Å²) in [5.41, 5.74) is 0. The fraction of sp³-hybridized carbons (Fsp3) is 1.00. The maximum atomic E-state index is 9.64. The molecular weight excluding hydrogens is 218 g/mol. The van der Waals surface area contributed by atoms with Crippen LogP contribution in [0.4, 0.5) is 0 Å². The molecule has 1 fully saturated rings. The van der Waals surface area contributed by atoms with E-state index in [1.165, 1.54) is 12.8 Å². The number of aliphatic hydroxyl groups excluding tert-OH is 1. The first kappa shape index (κ1) is 14.9. The number of ether oxygens (including phenoxy) is 2. The summed E-state index contributed by atoms with van der Waals surface area (Å²) >= 11 is 0. The smallest absolute Gasteiger partial charge is 0.0897 e. The minimum absolute atomic E-state index is 0.387. The molecule has 0 spiro atoms. The van der Waals surface area contributed by atoms with E-state index in [9.17, 15) is 5.11 Å². The number of rotatable bonds is 11. The molecule has 0 radical (unpaired) electrons. The minimum Gasteiger partial charge on any atom is -0.389 e. The first-order valence-corrected chi connectivity index (χ1v) is 6.78. The van der Waals surface area contributed by atoms with Crippen molar-refractivity contribution >= 4 is 0 Å². The third-order valence-corrected chi connectivity index (χ3v) is 3.16. The zero-order valence-electron chi connectivity index (χ0n) is 11.2. The normalized spacial score (nSPS) is 19.2. The molecular formula is C13H27NO3. The Morgan fingerprint density at radius 1 is 1.24 bits per heavy atom. The van der Waals surface area contributed by atoms with Crippen molar-refractivity contribution in [3.8, 4) is 0 Å². The van der Waals surface area contributed by atoms with Gasteiger partial charge in [0.15, 0.2) is 0 Å². The molecule has 0 aromatic rings. The summed E-state index contributed by atoms with van der Waals surface area (Å²) < 4.78 is 10.4.